The van der Waals surface area contributed by atoms with Gasteiger partial charge in [-0.15, -0.1) is 0 Å². The summed E-state index contributed by atoms with van der Waals surface area (Å²) in [4.78, 5) is 2.31. The summed E-state index contributed by atoms with van der Waals surface area (Å²) < 4.78 is 0. The molecule has 0 saturated carbocycles. The molecule has 7 aromatic carbocycles. The first-order chi connectivity index (χ1) is 25.9. The van der Waals surface area contributed by atoms with E-state index in [2.05, 4.69) is 227 Å². The van der Waals surface area contributed by atoms with Crippen LogP contribution in [0.25, 0.3) is 39.0 Å². The number of aryl methyl sites for hydroxylation is 3. The zero-order valence-corrected chi connectivity index (χ0v) is 31.2. The van der Waals surface area contributed by atoms with Crippen molar-refractivity contribution < 1.29 is 0 Å². The highest BCUT2D eigenvalue weighted by Gasteiger charge is 2.14. The van der Waals surface area contributed by atoms with Gasteiger partial charge in [-0.2, -0.15) is 0 Å². The molecule has 0 aromatic heterocycles. The molecule has 0 radical (unpaired) electrons. The van der Waals surface area contributed by atoms with Crippen molar-refractivity contribution in [2.24, 2.45) is 0 Å². The second-order valence-corrected chi connectivity index (χ2v) is 13.2. The first-order valence-corrected chi connectivity index (χ1v) is 18.3. The summed E-state index contributed by atoms with van der Waals surface area (Å²) in [6.45, 7) is 12.3. The van der Waals surface area contributed by atoms with Crippen LogP contribution in [0.15, 0.2) is 207 Å². The van der Waals surface area contributed by atoms with Gasteiger partial charge in [-0.1, -0.05) is 176 Å². The lowest BCUT2D eigenvalue weighted by atomic mass is 9.97. The van der Waals surface area contributed by atoms with E-state index >= 15 is 0 Å². The molecule has 0 unspecified atom stereocenters. The smallest absolute Gasteiger partial charge is 0.0462 e. The van der Waals surface area contributed by atoms with Gasteiger partial charge < -0.3 is 4.90 Å². The van der Waals surface area contributed by atoms with Gasteiger partial charge in [0.15, 0.2) is 0 Å². The number of hydrogen-bond acceptors (Lipinski definition) is 1. The summed E-state index contributed by atoms with van der Waals surface area (Å²) in [5, 5.41) is 0. The van der Waals surface area contributed by atoms with Crippen LogP contribution < -0.4 is 4.90 Å². The van der Waals surface area contributed by atoms with E-state index < -0.39 is 0 Å². The second kappa shape index (κ2) is 17.7. The quantitative estimate of drug-likeness (QED) is 0.137. The van der Waals surface area contributed by atoms with E-state index in [0.29, 0.717) is 0 Å². The van der Waals surface area contributed by atoms with E-state index in [1.54, 1.807) is 6.08 Å². The molecule has 0 amide bonds. The minimum Gasteiger partial charge on any atom is -0.311 e. The normalized spacial score (nSPS) is 11.1. The van der Waals surface area contributed by atoms with Gasteiger partial charge >= 0.3 is 0 Å². The zero-order chi connectivity index (χ0) is 37.0. The Hall–Kier alpha value is -6.44. The van der Waals surface area contributed by atoms with Crippen LogP contribution in [0, 0.1) is 20.8 Å². The predicted molar refractivity (Wildman–Crippen MR) is 231 cm³/mol. The summed E-state index contributed by atoms with van der Waals surface area (Å²) in [5.74, 6) is 0. The number of nitrogens with zero attached hydrogens (tertiary/aromatic N) is 1. The fourth-order valence-electron chi connectivity index (χ4n) is 6.51. The lowest BCUT2D eigenvalue weighted by Crippen LogP contribution is -2.09. The molecule has 0 heterocycles. The van der Waals surface area contributed by atoms with Crippen molar-refractivity contribution in [2.75, 3.05) is 4.90 Å². The number of hydrogen-bond donors (Lipinski definition) is 0. The van der Waals surface area contributed by atoms with Crippen molar-refractivity contribution in [2.45, 2.75) is 27.7 Å². The summed E-state index contributed by atoms with van der Waals surface area (Å²) in [6.07, 6.45) is 7.99. The van der Waals surface area contributed by atoms with Gasteiger partial charge in [-0.25, -0.2) is 0 Å². The van der Waals surface area contributed by atoms with Crippen molar-refractivity contribution in [3.8, 4) is 33.4 Å². The van der Waals surface area contributed by atoms with Gasteiger partial charge in [-0.3, -0.25) is 0 Å². The Morgan fingerprint density at radius 1 is 0.453 bits per heavy atom. The molecule has 0 aliphatic carbocycles. The molecule has 1 nitrogen and oxygen atoms in total. The third-order valence-electron chi connectivity index (χ3n) is 9.51. The average Bonchev–Trinajstić information content (AvgIpc) is 3.21. The van der Waals surface area contributed by atoms with Gasteiger partial charge in [-0.05, 0) is 120 Å². The minimum absolute atomic E-state index is 1.11. The Labute approximate surface area is 316 Å². The highest BCUT2D eigenvalue weighted by atomic mass is 15.1. The Morgan fingerprint density at radius 2 is 0.849 bits per heavy atom. The third kappa shape index (κ3) is 9.08. The Morgan fingerprint density at radius 3 is 1.28 bits per heavy atom. The topological polar surface area (TPSA) is 3.24 Å². The zero-order valence-electron chi connectivity index (χ0n) is 31.2. The van der Waals surface area contributed by atoms with Gasteiger partial charge in [0.25, 0.3) is 0 Å². The number of allylic oxidation sites excluding steroid dienone is 5. The lowest BCUT2D eigenvalue weighted by Gasteiger charge is -2.26. The summed E-state index contributed by atoms with van der Waals surface area (Å²) in [7, 11) is 0. The molecular formula is C52H47N. The predicted octanol–water partition coefficient (Wildman–Crippen LogP) is 14.9. The minimum atomic E-state index is 1.11. The first kappa shape index (κ1) is 36.4. The number of rotatable bonds is 9. The Balaban J connectivity index is 0.000000286. The molecule has 1 heteroatoms. The van der Waals surface area contributed by atoms with Crippen molar-refractivity contribution in [1.82, 2.24) is 0 Å². The van der Waals surface area contributed by atoms with Gasteiger partial charge in [0.1, 0.15) is 0 Å². The molecule has 0 aliphatic heterocycles. The molecule has 0 atom stereocenters. The van der Waals surface area contributed by atoms with Crippen LogP contribution in [0.5, 0.6) is 0 Å². The van der Waals surface area contributed by atoms with E-state index in [9.17, 15) is 0 Å². The third-order valence-corrected chi connectivity index (χ3v) is 9.51. The molecule has 0 bridgehead atoms. The largest absolute Gasteiger partial charge is 0.311 e. The van der Waals surface area contributed by atoms with E-state index in [1.807, 2.05) is 6.08 Å². The van der Waals surface area contributed by atoms with Crippen molar-refractivity contribution in [1.29, 1.82) is 0 Å². The SMILES string of the molecule is C=C/C=C\C(=C/C)c1ccc(N(c2ccc(-c3ccccc3)cc2)c2ccc(-c3ccc(C)cc3)cc2)cc1.Cc1ccccc1-c1ccccc1C. The van der Waals surface area contributed by atoms with Crippen LogP contribution in [0.3, 0.4) is 0 Å². The number of anilines is 3. The summed E-state index contributed by atoms with van der Waals surface area (Å²) in [5.41, 5.74) is 17.2. The summed E-state index contributed by atoms with van der Waals surface area (Å²) >= 11 is 0. The van der Waals surface area contributed by atoms with Crippen LogP contribution in [0.4, 0.5) is 17.1 Å². The van der Waals surface area contributed by atoms with Crippen molar-refractivity contribution in [3.05, 3.63) is 229 Å². The van der Waals surface area contributed by atoms with Crippen molar-refractivity contribution >= 4 is 22.6 Å². The maximum absolute atomic E-state index is 3.80. The molecule has 0 N–H and O–H groups in total. The molecule has 7 aromatic rings. The first-order valence-electron chi connectivity index (χ1n) is 18.3. The molecule has 53 heavy (non-hydrogen) atoms. The van der Waals surface area contributed by atoms with Gasteiger partial charge in [0, 0.05) is 17.1 Å². The molecule has 0 saturated heterocycles. The molecular weight excluding hydrogens is 639 g/mol. The van der Waals surface area contributed by atoms with Gasteiger partial charge in [0.2, 0.25) is 0 Å². The second-order valence-electron chi connectivity index (χ2n) is 13.2. The van der Waals surface area contributed by atoms with Crippen LogP contribution >= 0.6 is 0 Å². The van der Waals surface area contributed by atoms with E-state index in [1.165, 1.54) is 61.2 Å². The van der Waals surface area contributed by atoms with Crippen LogP contribution in [0.2, 0.25) is 0 Å². The molecule has 0 fully saturated rings. The maximum atomic E-state index is 3.80. The highest BCUT2D eigenvalue weighted by Crippen LogP contribution is 2.37. The standard InChI is InChI=1S/C38H33N.C14H14/c1-4-6-10-30(5-2)32-17-23-36(24-18-32)39(37-25-19-34(20-26-37)31-11-8-7-9-12-31)38-27-21-35(22-28-38)33-15-13-29(3)14-16-33;1-11-7-3-5-9-13(11)14-10-6-4-8-12(14)2/h4-28H,1H2,2-3H3;3-10H,1-2H3/b10-6-,30-5+;. The van der Waals surface area contributed by atoms with Gasteiger partial charge in [0.05, 0.1) is 0 Å². The average molecular weight is 686 g/mol. The lowest BCUT2D eigenvalue weighted by molar-refractivity contribution is 1.28. The molecule has 0 aliphatic rings. The molecule has 260 valence electrons. The Kier molecular flexibility index (Phi) is 12.1. The molecule has 7 rings (SSSR count). The van der Waals surface area contributed by atoms with Crippen LogP contribution in [-0.4, -0.2) is 0 Å². The fraction of sp³-hybridized carbons (Fsp3) is 0.0769. The van der Waals surface area contributed by atoms with Crippen LogP contribution in [0.1, 0.15) is 29.2 Å². The number of benzene rings is 7. The highest BCUT2D eigenvalue weighted by molar-refractivity contribution is 5.82. The monoisotopic (exact) mass is 685 g/mol. The summed E-state index contributed by atoms with van der Waals surface area (Å²) in [6, 6.07) is 62.6. The van der Waals surface area contributed by atoms with Crippen molar-refractivity contribution in [3.63, 3.8) is 0 Å². The Bertz CT molecular complexity index is 2250. The van der Waals surface area contributed by atoms with E-state index in [4.69, 9.17) is 0 Å². The fourth-order valence-corrected chi connectivity index (χ4v) is 6.51. The van der Waals surface area contributed by atoms with E-state index in [0.717, 1.165) is 17.1 Å². The molecule has 0 spiro atoms. The van der Waals surface area contributed by atoms with E-state index in [-0.39, 0.29) is 0 Å². The maximum Gasteiger partial charge on any atom is 0.0462 e. The van der Waals surface area contributed by atoms with Crippen LogP contribution in [-0.2, 0) is 0 Å².